The van der Waals surface area contributed by atoms with Crippen molar-refractivity contribution in [2.75, 3.05) is 18.0 Å². The summed E-state index contributed by atoms with van der Waals surface area (Å²) in [5.74, 6) is 0. The van der Waals surface area contributed by atoms with Crippen LogP contribution >= 0.6 is 0 Å². The molecule has 4 nitrogen and oxygen atoms in total. The summed E-state index contributed by atoms with van der Waals surface area (Å²) < 4.78 is 5.66. The molecule has 1 saturated carbocycles. The van der Waals surface area contributed by atoms with Crippen LogP contribution in [0.4, 0.5) is 6.01 Å². The van der Waals surface area contributed by atoms with Crippen molar-refractivity contribution in [2.24, 2.45) is 5.41 Å². The molecule has 1 aromatic rings. The zero-order chi connectivity index (χ0) is 13.3. The van der Waals surface area contributed by atoms with Gasteiger partial charge in [-0.3, -0.25) is 0 Å². The Hall–Kier alpha value is -1.03. The Labute approximate surface area is 115 Å². The molecule has 1 N–H and O–H groups in total. The third kappa shape index (κ3) is 2.78. The average molecular weight is 263 g/mol. The first-order valence-corrected chi connectivity index (χ1v) is 7.67. The normalized spacial score (nSPS) is 22.1. The van der Waals surface area contributed by atoms with E-state index in [0.717, 1.165) is 37.4 Å². The SMILES string of the molecule is CCC1(CC)CCN(c2nc(CNC3CC3)co2)C1. The Balaban J connectivity index is 1.59. The summed E-state index contributed by atoms with van der Waals surface area (Å²) in [6.45, 7) is 7.61. The zero-order valence-corrected chi connectivity index (χ0v) is 12.1. The highest BCUT2D eigenvalue weighted by molar-refractivity contribution is 5.30. The van der Waals surface area contributed by atoms with Crippen molar-refractivity contribution in [3.05, 3.63) is 12.0 Å². The number of aromatic nitrogens is 1. The molecule has 106 valence electrons. The van der Waals surface area contributed by atoms with Gasteiger partial charge in [-0.05, 0) is 37.5 Å². The maximum Gasteiger partial charge on any atom is 0.297 e. The van der Waals surface area contributed by atoms with Crippen molar-refractivity contribution in [1.82, 2.24) is 10.3 Å². The lowest BCUT2D eigenvalue weighted by molar-refractivity contribution is 0.300. The Morgan fingerprint density at radius 2 is 2.21 bits per heavy atom. The van der Waals surface area contributed by atoms with E-state index in [4.69, 9.17) is 4.42 Å². The molecule has 0 unspecified atom stereocenters. The van der Waals surface area contributed by atoms with Crippen molar-refractivity contribution < 1.29 is 4.42 Å². The molecule has 2 fully saturated rings. The van der Waals surface area contributed by atoms with E-state index >= 15 is 0 Å². The third-order valence-corrected chi connectivity index (χ3v) is 4.90. The van der Waals surface area contributed by atoms with Gasteiger partial charge < -0.3 is 14.6 Å². The van der Waals surface area contributed by atoms with Crippen LogP contribution in [0.15, 0.2) is 10.7 Å². The quantitative estimate of drug-likeness (QED) is 0.856. The molecular weight excluding hydrogens is 238 g/mol. The van der Waals surface area contributed by atoms with Crippen LogP contribution in [0.1, 0.15) is 51.6 Å². The molecule has 3 rings (SSSR count). The van der Waals surface area contributed by atoms with Crippen LogP contribution in [0.2, 0.25) is 0 Å². The second kappa shape index (κ2) is 5.16. The highest BCUT2D eigenvalue weighted by Gasteiger charge is 2.36. The fourth-order valence-corrected chi connectivity index (χ4v) is 2.98. The maximum absolute atomic E-state index is 5.66. The molecule has 1 aliphatic heterocycles. The van der Waals surface area contributed by atoms with Gasteiger partial charge in [-0.2, -0.15) is 4.98 Å². The number of nitrogens with zero attached hydrogens (tertiary/aromatic N) is 2. The molecular formula is C15H25N3O. The number of oxazole rings is 1. The zero-order valence-electron chi connectivity index (χ0n) is 12.1. The predicted molar refractivity (Wildman–Crippen MR) is 76.2 cm³/mol. The summed E-state index contributed by atoms with van der Waals surface area (Å²) in [6.07, 6.45) is 8.19. The molecule has 0 spiro atoms. The number of hydrogen-bond acceptors (Lipinski definition) is 4. The fourth-order valence-electron chi connectivity index (χ4n) is 2.98. The number of nitrogens with one attached hydrogen (secondary N) is 1. The lowest BCUT2D eigenvalue weighted by Gasteiger charge is -2.25. The van der Waals surface area contributed by atoms with Crippen LogP contribution in [0, 0.1) is 5.41 Å². The van der Waals surface area contributed by atoms with E-state index in [1.54, 1.807) is 0 Å². The molecule has 1 saturated heterocycles. The van der Waals surface area contributed by atoms with Gasteiger partial charge in [-0.15, -0.1) is 0 Å². The molecule has 1 aliphatic carbocycles. The Morgan fingerprint density at radius 3 is 2.84 bits per heavy atom. The monoisotopic (exact) mass is 263 g/mol. The molecule has 4 heteroatoms. The van der Waals surface area contributed by atoms with Crippen LogP contribution in [0.25, 0.3) is 0 Å². The minimum absolute atomic E-state index is 0.473. The first kappa shape index (κ1) is 13.0. The van der Waals surface area contributed by atoms with Crippen molar-refractivity contribution in [3.63, 3.8) is 0 Å². The molecule has 2 heterocycles. The van der Waals surface area contributed by atoms with Gasteiger partial charge in [0.1, 0.15) is 6.26 Å². The van der Waals surface area contributed by atoms with Crippen LogP contribution in [-0.2, 0) is 6.54 Å². The van der Waals surface area contributed by atoms with Gasteiger partial charge in [-0.25, -0.2) is 0 Å². The van der Waals surface area contributed by atoms with Gasteiger partial charge in [0.05, 0.1) is 5.69 Å². The van der Waals surface area contributed by atoms with Crippen LogP contribution in [-0.4, -0.2) is 24.1 Å². The number of anilines is 1. The summed E-state index contributed by atoms with van der Waals surface area (Å²) >= 11 is 0. The van der Waals surface area contributed by atoms with E-state index in [1.165, 1.54) is 32.1 Å². The van der Waals surface area contributed by atoms with Gasteiger partial charge in [0, 0.05) is 25.7 Å². The van der Waals surface area contributed by atoms with Gasteiger partial charge in [0.2, 0.25) is 0 Å². The highest BCUT2D eigenvalue weighted by atomic mass is 16.4. The van der Waals surface area contributed by atoms with E-state index in [9.17, 15) is 0 Å². The lowest BCUT2D eigenvalue weighted by atomic mass is 9.82. The van der Waals surface area contributed by atoms with E-state index in [-0.39, 0.29) is 0 Å². The molecule has 19 heavy (non-hydrogen) atoms. The van der Waals surface area contributed by atoms with Gasteiger partial charge in [0.15, 0.2) is 0 Å². The summed E-state index contributed by atoms with van der Waals surface area (Å²) in [7, 11) is 0. The first-order valence-electron chi connectivity index (χ1n) is 7.67. The molecule has 2 aliphatic rings. The average Bonchev–Trinajstić information content (AvgIpc) is 3.00. The largest absolute Gasteiger partial charge is 0.432 e. The molecule has 0 radical (unpaired) electrons. The van der Waals surface area contributed by atoms with E-state index in [1.807, 2.05) is 6.26 Å². The van der Waals surface area contributed by atoms with Crippen LogP contribution in [0.5, 0.6) is 0 Å². The number of rotatable bonds is 6. The molecule has 0 atom stereocenters. The van der Waals surface area contributed by atoms with Crippen molar-refractivity contribution in [1.29, 1.82) is 0 Å². The molecule has 0 aromatic carbocycles. The van der Waals surface area contributed by atoms with Crippen molar-refractivity contribution >= 4 is 6.01 Å². The van der Waals surface area contributed by atoms with E-state index in [0.29, 0.717) is 5.41 Å². The Kier molecular flexibility index (Phi) is 3.52. The van der Waals surface area contributed by atoms with Crippen molar-refractivity contribution in [2.45, 2.75) is 58.5 Å². The standard InChI is InChI=1S/C15H25N3O/c1-3-15(4-2)7-8-18(11-15)14-17-13(10-19-14)9-16-12-5-6-12/h10,12,16H,3-9,11H2,1-2H3. The topological polar surface area (TPSA) is 41.3 Å². The Bertz CT molecular complexity index is 421. The molecule has 0 bridgehead atoms. The van der Waals surface area contributed by atoms with Gasteiger partial charge in [0.25, 0.3) is 6.01 Å². The minimum Gasteiger partial charge on any atom is -0.432 e. The van der Waals surface area contributed by atoms with Crippen LogP contribution in [0.3, 0.4) is 0 Å². The summed E-state index contributed by atoms with van der Waals surface area (Å²) in [6, 6.07) is 1.54. The van der Waals surface area contributed by atoms with E-state index in [2.05, 4.69) is 29.0 Å². The first-order chi connectivity index (χ1) is 9.24. The minimum atomic E-state index is 0.473. The Morgan fingerprint density at radius 1 is 1.42 bits per heavy atom. The third-order valence-electron chi connectivity index (χ3n) is 4.90. The van der Waals surface area contributed by atoms with Gasteiger partial charge >= 0.3 is 0 Å². The number of hydrogen-bond donors (Lipinski definition) is 1. The molecule has 1 aromatic heterocycles. The fraction of sp³-hybridized carbons (Fsp3) is 0.800. The van der Waals surface area contributed by atoms with Crippen LogP contribution < -0.4 is 10.2 Å². The second-order valence-electron chi connectivity index (χ2n) is 6.16. The summed E-state index contributed by atoms with van der Waals surface area (Å²) in [5.41, 5.74) is 1.51. The van der Waals surface area contributed by atoms with Crippen molar-refractivity contribution in [3.8, 4) is 0 Å². The predicted octanol–water partition coefficient (Wildman–Crippen LogP) is 2.94. The summed E-state index contributed by atoms with van der Waals surface area (Å²) in [5, 5.41) is 3.47. The van der Waals surface area contributed by atoms with Gasteiger partial charge in [-0.1, -0.05) is 13.8 Å². The smallest absolute Gasteiger partial charge is 0.297 e. The highest BCUT2D eigenvalue weighted by Crippen LogP contribution is 2.38. The van der Waals surface area contributed by atoms with E-state index < -0.39 is 0 Å². The molecule has 0 amide bonds. The summed E-state index contributed by atoms with van der Waals surface area (Å²) in [4.78, 5) is 6.94. The second-order valence-corrected chi connectivity index (χ2v) is 6.16. The lowest BCUT2D eigenvalue weighted by Crippen LogP contribution is -2.26. The maximum atomic E-state index is 5.66.